The van der Waals surface area contributed by atoms with E-state index in [1.165, 1.54) is 19.3 Å². The average molecular weight is 277 g/mol. The van der Waals surface area contributed by atoms with Gasteiger partial charge >= 0.3 is 0 Å². The normalized spacial score (nSPS) is 16.2. The van der Waals surface area contributed by atoms with Crippen molar-refractivity contribution in [2.24, 2.45) is 11.7 Å². The Hall–Kier alpha value is -1.16. The number of nitrogens with two attached hydrogens (primary N) is 1. The second-order valence-corrected chi connectivity index (χ2v) is 6.04. The minimum atomic E-state index is 0.425. The summed E-state index contributed by atoms with van der Waals surface area (Å²) < 4.78 is 0. The Labute approximate surface area is 121 Å². The maximum absolute atomic E-state index is 5.85. The number of rotatable bonds is 6. The van der Waals surface area contributed by atoms with Crippen LogP contribution in [0, 0.1) is 19.8 Å². The molecule has 1 fully saturated rings. The average Bonchev–Trinajstić information content (AvgIpc) is 3.10. The topological polar surface area (TPSA) is 50.9 Å². The molecule has 0 radical (unpaired) electrons. The summed E-state index contributed by atoms with van der Waals surface area (Å²) in [5.41, 5.74) is 8.85. The van der Waals surface area contributed by atoms with Crippen LogP contribution >= 0.6 is 12.2 Å². The van der Waals surface area contributed by atoms with Gasteiger partial charge in [0.15, 0.2) is 0 Å². The largest absolute Gasteiger partial charge is 0.389 e. The van der Waals surface area contributed by atoms with E-state index in [2.05, 4.69) is 17.2 Å². The number of pyridine rings is 1. The minimum Gasteiger partial charge on any atom is -0.389 e. The molecule has 1 aliphatic carbocycles. The quantitative estimate of drug-likeness (QED) is 0.783. The number of nitrogens with zero attached hydrogens (tertiary/aromatic N) is 1. The molecule has 1 heterocycles. The highest BCUT2D eigenvalue weighted by molar-refractivity contribution is 7.80. The molecule has 4 heteroatoms. The summed E-state index contributed by atoms with van der Waals surface area (Å²) in [6.45, 7) is 6.25. The van der Waals surface area contributed by atoms with Gasteiger partial charge in [-0.25, -0.2) is 4.98 Å². The first-order chi connectivity index (χ1) is 9.01. The number of anilines is 1. The molecule has 19 heavy (non-hydrogen) atoms. The summed E-state index contributed by atoms with van der Waals surface area (Å²) in [5, 5.41) is 3.55. The first-order valence-electron chi connectivity index (χ1n) is 7.05. The molecule has 0 aliphatic heterocycles. The molecule has 0 amide bonds. The van der Waals surface area contributed by atoms with Crippen LogP contribution in [0.1, 0.15) is 49.4 Å². The summed E-state index contributed by atoms with van der Waals surface area (Å²) in [5.74, 6) is 1.76. The highest BCUT2D eigenvalue weighted by Crippen LogP contribution is 2.35. The van der Waals surface area contributed by atoms with Gasteiger partial charge in [-0.05, 0) is 44.2 Å². The van der Waals surface area contributed by atoms with Gasteiger partial charge in [0.25, 0.3) is 0 Å². The Morgan fingerprint density at radius 3 is 2.74 bits per heavy atom. The number of thiocarbonyl (C=S) groups is 1. The Kier molecular flexibility index (Phi) is 4.40. The molecule has 0 aromatic carbocycles. The standard InChI is InChI=1S/C15H23N3S/c1-4-12(8-11-5-6-11)18-15-13(14(16)19)9(2)7-10(3)17-15/h7,11-12H,4-6,8H2,1-3H3,(H2,16,19)(H,17,18). The molecule has 0 saturated heterocycles. The van der Waals surface area contributed by atoms with Gasteiger partial charge in [0, 0.05) is 11.7 Å². The van der Waals surface area contributed by atoms with Crippen molar-refractivity contribution < 1.29 is 0 Å². The number of aromatic nitrogens is 1. The van der Waals surface area contributed by atoms with Crippen LogP contribution in [0.25, 0.3) is 0 Å². The molecule has 3 nitrogen and oxygen atoms in total. The molecule has 1 atom stereocenters. The molecule has 1 saturated carbocycles. The van der Waals surface area contributed by atoms with Crippen molar-refractivity contribution >= 4 is 23.0 Å². The first kappa shape index (κ1) is 14.3. The predicted octanol–water partition coefficient (Wildman–Crippen LogP) is 3.32. The summed E-state index contributed by atoms with van der Waals surface area (Å²) in [6, 6.07) is 2.50. The van der Waals surface area contributed by atoms with E-state index in [0.717, 1.165) is 35.0 Å². The van der Waals surface area contributed by atoms with E-state index in [-0.39, 0.29) is 0 Å². The maximum atomic E-state index is 5.85. The van der Waals surface area contributed by atoms with E-state index in [9.17, 15) is 0 Å². The van der Waals surface area contributed by atoms with E-state index in [0.29, 0.717) is 11.0 Å². The second-order valence-electron chi connectivity index (χ2n) is 5.60. The number of aryl methyl sites for hydroxylation is 2. The van der Waals surface area contributed by atoms with Crippen molar-refractivity contribution in [2.75, 3.05) is 5.32 Å². The Balaban J connectivity index is 2.23. The lowest BCUT2D eigenvalue weighted by atomic mass is 10.1. The van der Waals surface area contributed by atoms with Gasteiger partial charge in [-0.2, -0.15) is 0 Å². The highest BCUT2D eigenvalue weighted by Gasteiger charge is 2.25. The Morgan fingerprint density at radius 1 is 1.53 bits per heavy atom. The zero-order valence-electron chi connectivity index (χ0n) is 12.0. The molecule has 0 spiro atoms. The lowest BCUT2D eigenvalue weighted by Crippen LogP contribution is -2.24. The number of hydrogen-bond donors (Lipinski definition) is 2. The summed E-state index contributed by atoms with van der Waals surface area (Å²) in [4.78, 5) is 5.02. The third-order valence-electron chi connectivity index (χ3n) is 3.74. The summed E-state index contributed by atoms with van der Waals surface area (Å²) in [6.07, 6.45) is 5.07. The van der Waals surface area contributed by atoms with Crippen LogP contribution in [-0.2, 0) is 0 Å². The van der Waals surface area contributed by atoms with Gasteiger partial charge in [-0.3, -0.25) is 0 Å². The van der Waals surface area contributed by atoms with E-state index in [4.69, 9.17) is 18.0 Å². The monoisotopic (exact) mass is 277 g/mol. The highest BCUT2D eigenvalue weighted by atomic mass is 32.1. The van der Waals surface area contributed by atoms with Gasteiger partial charge in [0.05, 0.1) is 5.56 Å². The van der Waals surface area contributed by atoms with Crippen molar-refractivity contribution in [3.05, 3.63) is 22.9 Å². The number of nitrogens with one attached hydrogen (secondary N) is 1. The second kappa shape index (κ2) is 5.87. The van der Waals surface area contributed by atoms with Crippen LogP contribution in [-0.4, -0.2) is 16.0 Å². The maximum Gasteiger partial charge on any atom is 0.136 e. The fraction of sp³-hybridized carbons (Fsp3) is 0.600. The van der Waals surface area contributed by atoms with E-state index >= 15 is 0 Å². The molecule has 0 bridgehead atoms. The van der Waals surface area contributed by atoms with Crippen LogP contribution < -0.4 is 11.1 Å². The minimum absolute atomic E-state index is 0.425. The molecule has 104 valence electrons. The smallest absolute Gasteiger partial charge is 0.136 e. The van der Waals surface area contributed by atoms with Crippen LogP contribution in [0.15, 0.2) is 6.07 Å². The van der Waals surface area contributed by atoms with Crippen molar-refractivity contribution in [1.82, 2.24) is 4.98 Å². The summed E-state index contributed by atoms with van der Waals surface area (Å²) in [7, 11) is 0. The van der Waals surface area contributed by atoms with E-state index in [1.54, 1.807) is 0 Å². The molecule has 1 aromatic rings. The fourth-order valence-corrected chi connectivity index (χ4v) is 2.79. The van der Waals surface area contributed by atoms with Gasteiger partial charge in [0.1, 0.15) is 10.8 Å². The molecule has 2 rings (SSSR count). The summed E-state index contributed by atoms with van der Waals surface area (Å²) >= 11 is 5.17. The Morgan fingerprint density at radius 2 is 2.21 bits per heavy atom. The van der Waals surface area contributed by atoms with Gasteiger partial charge < -0.3 is 11.1 Å². The third kappa shape index (κ3) is 3.66. The first-order valence-corrected chi connectivity index (χ1v) is 7.46. The van der Waals surface area contributed by atoms with Gasteiger partial charge in [-0.15, -0.1) is 0 Å². The molecule has 1 unspecified atom stereocenters. The molecule has 3 N–H and O–H groups in total. The van der Waals surface area contributed by atoms with Crippen molar-refractivity contribution in [3.8, 4) is 0 Å². The molecule has 1 aromatic heterocycles. The zero-order chi connectivity index (χ0) is 14.0. The third-order valence-corrected chi connectivity index (χ3v) is 3.94. The van der Waals surface area contributed by atoms with E-state index in [1.807, 2.05) is 19.9 Å². The van der Waals surface area contributed by atoms with Gasteiger partial charge in [0.2, 0.25) is 0 Å². The van der Waals surface area contributed by atoms with Crippen molar-refractivity contribution in [3.63, 3.8) is 0 Å². The zero-order valence-corrected chi connectivity index (χ0v) is 12.8. The van der Waals surface area contributed by atoms with E-state index < -0.39 is 0 Å². The molecular formula is C15H23N3S. The predicted molar refractivity (Wildman–Crippen MR) is 84.6 cm³/mol. The van der Waals surface area contributed by atoms with Crippen molar-refractivity contribution in [1.29, 1.82) is 0 Å². The SMILES string of the molecule is CCC(CC1CC1)Nc1nc(C)cc(C)c1C(N)=S. The fourth-order valence-electron chi connectivity index (χ4n) is 2.53. The van der Waals surface area contributed by atoms with Crippen LogP contribution in [0.3, 0.4) is 0 Å². The van der Waals surface area contributed by atoms with Gasteiger partial charge in [-0.1, -0.05) is 32.0 Å². The number of hydrogen-bond acceptors (Lipinski definition) is 3. The Bertz CT molecular complexity index is 481. The van der Waals surface area contributed by atoms with Crippen LogP contribution in [0.5, 0.6) is 0 Å². The lowest BCUT2D eigenvalue weighted by Gasteiger charge is -2.20. The molecule has 1 aliphatic rings. The molecular weight excluding hydrogens is 254 g/mol. The lowest BCUT2D eigenvalue weighted by molar-refractivity contribution is 0.585. The van der Waals surface area contributed by atoms with Crippen LogP contribution in [0.4, 0.5) is 5.82 Å². The van der Waals surface area contributed by atoms with Crippen LogP contribution in [0.2, 0.25) is 0 Å². The van der Waals surface area contributed by atoms with Crippen molar-refractivity contribution in [2.45, 2.75) is 52.5 Å².